The van der Waals surface area contributed by atoms with Gasteiger partial charge in [0, 0.05) is 12.6 Å². The molecule has 13 heteroatoms. The van der Waals surface area contributed by atoms with E-state index in [1.54, 1.807) is 39.8 Å². The van der Waals surface area contributed by atoms with Gasteiger partial charge in [0.15, 0.2) is 0 Å². The van der Waals surface area contributed by atoms with Crippen LogP contribution in [0.2, 0.25) is 0 Å². The second-order valence-corrected chi connectivity index (χ2v) is 12.5. The monoisotopic (exact) mass is 596 g/mol. The Balaban J connectivity index is 2.02. The molecule has 1 saturated carbocycles. The maximum absolute atomic E-state index is 13.2. The third-order valence-corrected chi connectivity index (χ3v) is 7.77. The SMILES string of the molecule is C/C=C/C(=O)OC(CC)CC/C=C\C(NC(=O)C1CCCN1C(=O)CNC(=O)OC(C)(C)C)C(=O)NS(=O)C1CC1. The molecule has 4 amide bonds. The van der Waals surface area contributed by atoms with E-state index >= 15 is 0 Å². The van der Waals surface area contributed by atoms with Crippen molar-refractivity contribution in [3.05, 3.63) is 24.3 Å². The number of alkyl carbamates (subject to hydrolysis) is 1. The van der Waals surface area contributed by atoms with Crippen LogP contribution in [0, 0.1) is 0 Å². The van der Waals surface area contributed by atoms with E-state index in [0.717, 1.165) is 12.8 Å². The average molecular weight is 597 g/mol. The van der Waals surface area contributed by atoms with Gasteiger partial charge in [-0.1, -0.05) is 25.2 Å². The number of carbonyl (C=O) groups is 5. The number of allylic oxidation sites excluding steroid dienone is 2. The number of nitrogens with zero attached hydrogens (tertiary/aromatic N) is 1. The van der Waals surface area contributed by atoms with Crippen molar-refractivity contribution in [2.24, 2.45) is 0 Å². The molecule has 0 radical (unpaired) electrons. The van der Waals surface area contributed by atoms with E-state index in [2.05, 4.69) is 15.4 Å². The Morgan fingerprint density at radius 3 is 2.44 bits per heavy atom. The number of amides is 4. The molecular weight excluding hydrogens is 552 g/mol. The summed E-state index contributed by atoms with van der Waals surface area (Å²) in [5.74, 6) is -2.01. The summed E-state index contributed by atoms with van der Waals surface area (Å²) in [5.41, 5.74) is -0.718. The van der Waals surface area contributed by atoms with Gasteiger partial charge in [-0.2, -0.15) is 0 Å². The van der Waals surface area contributed by atoms with Gasteiger partial charge in [0.05, 0.1) is 5.25 Å². The summed E-state index contributed by atoms with van der Waals surface area (Å²) >= 11 is 0. The molecule has 12 nitrogen and oxygen atoms in total. The van der Waals surface area contributed by atoms with Crippen molar-refractivity contribution in [2.45, 2.75) is 109 Å². The first-order chi connectivity index (χ1) is 19.3. The number of rotatable bonds is 14. The topological polar surface area (TPSA) is 160 Å². The van der Waals surface area contributed by atoms with Gasteiger partial charge in [0.25, 0.3) is 5.91 Å². The van der Waals surface area contributed by atoms with E-state index in [-0.39, 0.29) is 17.9 Å². The fourth-order valence-electron chi connectivity index (χ4n) is 4.08. The molecule has 0 spiro atoms. The standard InChI is InChI=1S/C28H44N4O8S/c1-6-11-24(34)39-19(7-2)12-8-9-13-21(25(35)31-41(38)20-15-16-20)30-26(36)22-14-10-17-32(22)23(33)18-29-27(37)40-28(3,4)5/h6,9,11,13,19-22H,7-8,10,12,14-18H2,1-5H3,(H,29,37)(H,30,36)(H,31,35)/b11-6+,13-9-. The smallest absolute Gasteiger partial charge is 0.408 e. The molecule has 230 valence electrons. The number of nitrogens with one attached hydrogen (secondary N) is 3. The summed E-state index contributed by atoms with van der Waals surface area (Å²) in [7, 11) is -1.55. The molecule has 2 fully saturated rings. The van der Waals surface area contributed by atoms with E-state index in [4.69, 9.17) is 9.47 Å². The molecular formula is C28H44N4O8S. The summed E-state index contributed by atoms with van der Waals surface area (Å²) in [4.78, 5) is 64.0. The Morgan fingerprint density at radius 2 is 1.83 bits per heavy atom. The fourth-order valence-corrected chi connectivity index (χ4v) is 5.14. The highest BCUT2D eigenvalue weighted by Gasteiger charge is 2.36. The molecule has 4 atom stereocenters. The molecule has 0 bridgehead atoms. The highest BCUT2D eigenvalue weighted by Crippen LogP contribution is 2.25. The molecule has 1 aliphatic carbocycles. The van der Waals surface area contributed by atoms with Crippen LogP contribution in [0.25, 0.3) is 0 Å². The molecule has 2 aliphatic rings. The highest BCUT2D eigenvalue weighted by atomic mass is 32.2. The fraction of sp³-hybridized carbons (Fsp3) is 0.679. The van der Waals surface area contributed by atoms with Crippen LogP contribution in [0.5, 0.6) is 0 Å². The zero-order valence-electron chi connectivity index (χ0n) is 24.6. The first kappa shape index (κ1) is 34.0. The molecule has 41 heavy (non-hydrogen) atoms. The first-order valence-electron chi connectivity index (χ1n) is 14.1. The normalized spacial score (nSPS) is 19.4. The van der Waals surface area contributed by atoms with Crippen molar-refractivity contribution in [1.82, 2.24) is 20.3 Å². The van der Waals surface area contributed by atoms with E-state index in [9.17, 15) is 28.2 Å². The van der Waals surface area contributed by atoms with E-state index < -0.39 is 58.5 Å². The molecule has 0 aromatic carbocycles. The van der Waals surface area contributed by atoms with Crippen LogP contribution in [0.3, 0.4) is 0 Å². The number of carbonyl (C=O) groups excluding carboxylic acids is 5. The maximum atomic E-state index is 13.2. The van der Waals surface area contributed by atoms with Crippen LogP contribution in [0.1, 0.15) is 79.6 Å². The summed E-state index contributed by atoms with van der Waals surface area (Å²) in [6, 6.07) is -1.94. The van der Waals surface area contributed by atoms with Gasteiger partial charge >= 0.3 is 12.1 Å². The van der Waals surface area contributed by atoms with Gasteiger partial charge in [-0.05, 0) is 72.6 Å². The second kappa shape index (κ2) is 16.3. The first-order valence-corrected chi connectivity index (χ1v) is 15.3. The Kier molecular flexibility index (Phi) is 13.5. The van der Waals surface area contributed by atoms with Crippen molar-refractivity contribution in [3.63, 3.8) is 0 Å². The molecule has 3 N–H and O–H groups in total. The zero-order valence-corrected chi connectivity index (χ0v) is 25.4. The molecule has 4 unspecified atom stereocenters. The minimum absolute atomic E-state index is 0.0862. The summed E-state index contributed by atoms with van der Waals surface area (Å²) in [6.07, 6.45) is 9.24. The molecule has 1 aliphatic heterocycles. The minimum atomic E-state index is -1.55. The number of esters is 1. The third-order valence-electron chi connectivity index (χ3n) is 6.29. The lowest BCUT2D eigenvalue weighted by Crippen LogP contribution is -2.54. The Hall–Kier alpha value is -3.22. The second-order valence-electron chi connectivity index (χ2n) is 11.0. The van der Waals surface area contributed by atoms with Crippen molar-refractivity contribution >= 4 is 40.8 Å². The Bertz CT molecular complexity index is 1030. The van der Waals surface area contributed by atoms with E-state index in [1.807, 2.05) is 6.92 Å². The zero-order chi connectivity index (χ0) is 30.6. The van der Waals surface area contributed by atoms with Crippen LogP contribution in [-0.2, 0) is 39.6 Å². The Labute approximate surface area is 244 Å². The number of hydrogen-bond acceptors (Lipinski definition) is 8. The van der Waals surface area contributed by atoms with Crippen LogP contribution in [0.15, 0.2) is 24.3 Å². The van der Waals surface area contributed by atoms with Crippen molar-refractivity contribution in [3.8, 4) is 0 Å². The lowest BCUT2D eigenvalue weighted by atomic mass is 10.1. The molecule has 1 heterocycles. The van der Waals surface area contributed by atoms with Crippen LogP contribution in [-0.4, -0.2) is 81.0 Å². The summed E-state index contributed by atoms with van der Waals surface area (Å²) in [6.45, 7) is 8.74. The van der Waals surface area contributed by atoms with Crippen molar-refractivity contribution < 1.29 is 37.7 Å². The lowest BCUT2D eigenvalue weighted by molar-refractivity contribution is -0.143. The number of likely N-dealkylation sites (tertiary alicyclic amines) is 1. The van der Waals surface area contributed by atoms with Crippen molar-refractivity contribution in [1.29, 1.82) is 0 Å². The largest absolute Gasteiger partial charge is 0.459 e. The van der Waals surface area contributed by atoms with Crippen LogP contribution in [0.4, 0.5) is 4.79 Å². The molecule has 2 rings (SSSR count). The van der Waals surface area contributed by atoms with Gasteiger partial charge in [-0.3, -0.25) is 19.1 Å². The predicted molar refractivity (Wildman–Crippen MR) is 154 cm³/mol. The highest BCUT2D eigenvalue weighted by molar-refractivity contribution is 7.84. The van der Waals surface area contributed by atoms with Crippen molar-refractivity contribution in [2.75, 3.05) is 13.1 Å². The Morgan fingerprint density at radius 1 is 1.12 bits per heavy atom. The quantitative estimate of drug-likeness (QED) is 0.156. The molecule has 0 aromatic heterocycles. The third kappa shape index (κ3) is 12.4. The summed E-state index contributed by atoms with van der Waals surface area (Å²) < 4.78 is 25.3. The van der Waals surface area contributed by atoms with E-state index in [0.29, 0.717) is 38.6 Å². The maximum Gasteiger partial charge on any atom is 0.408 e. The number of hydrogen-bond donors (Lipinski definition) is 3. The lowest BCUT2D eigenvalue weighted by Gasteiger charge is -2.26. The van der Waals surface area contributed by atoms with Crippen LogP contribution >= 0.6 is 0 Å². The molecule has 1 saturated heterocycles. The predicted octanol–water partition coefficient (Wildman–Crippen LogP) is 2.16. The number of ether oxygens (including phenoxy) is 2. The van der Waals surface area contributed by atoms with E-state index in [1.165, 1.54) is 17.1 Å². The van der Waals surface area contributed by atoms with Gasteiger partial charge < -0.3 is 25.0 Å². The summed E-state index contributed by atoms with van der Waals surface area (Å²) in [5, 5.41) is 5.01. The molecule has 0 aromatic rings. The van der Waals surface area contributed by atoms with Gasteiger partial charge in [0.1, 0.15) is 41.3 Å². The van der Waals surface area contributed by atoms with Crippen LogP contribution < -0.4 is 15.4 Å². The van der Waals surface area contributed by atoms with Gasteiger partial charge in [0.2, 0.25) is 11.8 Å². The van der Waals surface area contributed by atoms with Gasteiger partial charge in [-0.15, -0.1) is 0 Å². The average Bonchev–Trinajstić information content (AvgIpc) is 3.63. The minimum Gasteiger partial charge on any atom is -0.459 e. The van der Waals surface area contributed by atoms with Gasteiger partial charge in [-0.25, -0.2) is 13.8 Å².